The van der Waals surface area contributed by atoms with E-state index in [1.165, 1.54) is 5.56 Å². The van der Waals surface area contributed by atoms with Gasteiger partial charge in [0.15, 0.2) is 0 Å². The number of nitrogens with zero attached hydrogens (tertiary/aromatic N) is 2. The summed E-state index contributed by atoms with van der Waals surface area (Å²) in [5.41, 5.74) is 6.67. The van der Waals surface area contributed by atoms with Crippen molar-refractivity contribution in [2.45, 2.75) is 46.1 Å². The molecule has 0 bridgehead atoms. The van der Waals surface area contributed by atoms with Crippen LogP contribution in [-0.4, -0.2) is 22.6 Å². The monoisotopic (exact) mass is 278 g/mol. The lowest BCUT2D eigenvalue weighted by atomic mass is 9.86. The zero-order valence-electron chi connectivity index (χ0n) is 12.6. The molecule has 1 aromatic rings. The average Bonchev–Trinajstić information content (AvgIpc) is 2.46. The van der Waals surface area contributed by atoms with E-state index in [1.54, 1.807) is 0 Å². The molecule has 0 saturated carbocycles. The van der Waals surface area contributed by atoms with Gasteiger partial charge in [0.25, 0.3) is 0 Å². The van der Waals surface area contributed by atoms with Crippen LogP contribution in [0.4, 0.5) is 0 Å². The van der Waals surface area contributed by atoms with Crippen molar-refractivity contribution in [1.29, 1.82) is 0 Å². The van der Waals surface area contributed by atoms with Crippen LogP contribution in [0.5, 0.6) is 0 Å². The largest absolute Gasteiger partial charge is 0.409 e. The minimum Gasteiger partial charge on any atom is -0.409 e. The first kappa shape index (κ1) is 16.4. The van der Waals surface area contributed by atoms with Crippen molar-refractivity contribution in [2.24, 2.45) is 16.3 Å². The predicted octanol–water partition coefficient (Wildman–Crippen LogP) is 2.68. The Kier molecular flexibility index (Phi) is 6.45. The maximum atomic E-state index is 8.72. The number of nitrogens with one attached hydrogen (secondary N) is 1. The van der Waals surface area contributed by atoms with Gasteiger partial charge in [0.05, 0.1) is 0 Å². The van der Waals surface area contributed by atoms with E-state index in [4.69, 9.17) is 10.9 Å². The Labute approximate surface area is 121 Å². The summed E-state index contributed by atoms with van der Waals surface area (Å²) in [5.74, 6) is 0.301. The molecule has 20 heavy (non-hydrogen) atoms. The molecule has 0 amide bonds. The molecule has 0 aliphatic heterocycles. The lowest BCUT2D eigenvalue weighted by Crippen LogP contribution is -2.32. The third-order valence-electron chi connectivity index (χ3n) is 3.69. The molecule has 0 aliphatic carbocycles. The van der Waals surface area contributed by atoms with Crippen molar-refractivity contribution in [3.63, 3.8) is 0 Å². The maximum Gasteiger partial charge on any atom is 0.144 e. The van der Waals surface area contributed by atoms with Crippen LogP contribution in [0.25, 0.3) is 0 Å². The van der Waals surface area contributed by atoms with Gasteiger partial charge < -0.3 is 16.3 Å². The zero-order chi connectivity index (χ0) is 15.0. The number of unbranched alkanes of at least 4 members (excludes halogenated alkanes) is 1. The summed E-state index contributed by atoms with van der Waals surface area (Å²) in [4.78, 5) is 4.02. The standard InChI is InChI=1S/C15H26N4O/c1-12(13-6-10-17-11-7-13)18-9-5-4-8-15(2,3)14(16)19-20/h6-7,10-12,18,20H,4-5,8-9H2,1-3H3,(H2,16,19). The van der Waals surface area contributed by atoms with Crippen LogP contribution < -0.4 is 11.1 Å². The second-order valence-corrected chi connectivity index (χ2v) is 5.78. The van der Waals surface area contributed by atoms with Gasteiger partial charge in [-0.25, -0.2) is 0 Å². The number of hydrogen-bond acceptors (Lipinski definition) is 4. The van der Waals surface area contributed by atoms with Gasteiger partial charge in [-0.2, -0.15) is 0 Å². The third kappa shape index (κ3) is 5.17. The minimum absolute atomic E-state index is 0.245. The second-order valence-electron chi connectivity index (χ2n) is 5.78. The van der Waals surface area contributed by atoms with Crippen LogP contribution in [0.1, 0.15) is 51.6 Å². The molecule has 5 heteroatoms. The van der Waals surface area contributed by atoms with E-state index < -0.39 is 0 Å². The third-order valence-corrected chi connectivity index (χ3v) is 3.69. The van der Waals surface area contributed by atoms with Crippen molar-refractivity contribution in [2.75, 3.05) is 6.54 Å². The summed E-state index contributed by atoms with van der Waals surface area (Å²) >= 11 is 0. The summed E-state index contributed by atoms with van der Waals surface area (Å²) in [6.45, 7) is 7.09. The van der Waals surface area contributed by atoms with Crippen molar-refractivity contribution < 1.29 is 5.21 Å². The second kappa shape index (κ2) is 7.85. The van der Waals surface area contributed by atoms with E-state index in [9.17, 15) is 0 Å². The molecule has 0 spiro atoms. The Hall–Kier alpha value is -1.62. The van der Waals surface area contributed by atoms with E-state index in [2.05, 4.69) is 22.4 Å². The van der Waals surface area contributed by atoms with Crippen molar-refractivity contribution in [3.05, 3.63) is 30.1 Å². The first-order valence-corrected chi connectivity index (χ1v) is 7.08. The first-order chi connectivity index (χ1) is 9.47. The van der Waals surface area contributed by atoms with Gasteiger partial charge in [-0.05, 0) is 44.0 Å². The van der Waals surface area contributed by atoms with E-state index in [1.807, 2.05) is 38.4 Å². The Morgan fingerprint density at radius 3 is 2.65 bits per heavy atom. The minimum atomic E-state index is -0.245. The number of pyridine rings is 1. The highest BCUT2D eigenvalue weighted by Gasteiger charge is 2.22. The fourth-order valence-corrected chi connectivity index (χ4v) is 2.04. The normalized spacial score (nSPS) is 14.2. The van der Waals surface area contributed by atoms with Gasteiger partial charge in [0.2, 0.25) is 0 Å². The Bertz CT molecular complexity index is 417. The summed E-state index contributed by atoms with van der Waals surface area (Å²) in [6, 6.07) is 4.38. The molecule has 1 atom stereocenters. The molecule has 1 rings (SSSR count). The molecule has 4 N–H and O–H groups in total. The Morgan fingerprint density at radius 2 is 2.05 bits per heavy atom. The molecule has 5 nitrogen and oxygen atoms in total. The highest BCUT2D eigenvalue weighted by atomic mass is 16.4. The lowest BCUT2D eigenvalue weighted by Gasteiger charge is -2.22. The molecule has 0 fully saturated rings. The molecule has 0 aliphatic rings. The quantitative estimate of drug-likeness (QED) is 0.224. The maximum absolute atomic E-state index is 8.72. The SMILES string of the molecule is CC(NCCCCC(C)(C)/C(N)=N/O)c1ccncc1. The van der Waals surface area contributed by atoms with E-state index in [-0.39, 0.29) is 5.41 Å². The number of hydrogen-bond donors (Lipinski definition) is 3. The van der Waals surface area contributed by atoms with Crippen LogP contribution >= 0.6 is 0 Å². The van der Waals surface area contributed by atoms with Crippen molar-refractivity contribution in [3.8, 4) is 0 Å². The van der Waals surface area contributed by atoms with E-state index >= 15 is 0 Å². The molecule has 0 radical (unpaired) electrons. The van der Waals surface area contributed by atoms with E-state index in [0.717, 1.165) is 25.8 Å². The highest BCUT2D eigenvalue weighted by Crippen LogP contribution is 2.23. The Balaban J connectivity index is 2.23. The number of amidine groups is 1. The van der Waals surface area contributed by atoms with Crippen molar-refractivity contribution in [1.82, 2.24) is 10.3 Å². The molecule has 0 saturated heterocycles. The number of nitrogens with two attached hydrogens (primary N) is 1. The average molecular weight is 278 g/mol. The molecule has 1 heterocycles. The van der Waals surface area contributed by atoms with Gasteiger partial charge in [0, 0.05) is 23.9 Å². The molecule has 1 aromatic heterocycles. The van der Waals surface area contributed by atoms with Gasteiger partial charge in [-0.1, -0.05) is 25.4 Å². The molecular formula is C15H26N4O. The molecule has 112 valence electrons. The van der Waals surface area contributed by atoms with Gasteiger partial charge in [0.1, 0.15) is 5.84 Å². The summed E-state index contributed by atoms with van der Waals surface area (Å²) < 4.78 is 0. The number of rotatable bonds is 8. The van der Waals surface area contributed by atoms with Gasteiger partial charge in [-0.15, -0.1) is 0 Å². The molecule has 1 unspecified atom stereocenters. The smallest absolute Gasteiger partial charge is 0.144 e. The van der Waals surface area contributed by atoms with Crippen LogP contribution in [-0.2, 0) is 0 Å². The molecule has 0 aromatic carbocycles. The fraction of sp³-hybridized carbons (Fsp3) is 0.600. The highest BCUT2D eigenvalue weighted by molar-refractivity contribution is 5.85. The van der Waals surface area contributed by atoms with Crippen LogP contribution in [0.3, 0.4) is 0 Å². The first-order valence-electron chi connectivity index (χ1n) is 7.08. The number of oxime groups is 1. The summed E-state index contributed by atoms with van der Waals surface area (Å²) in [5, 5.41) is 15.3. The van der Waals surface area contributed by atoms with Crippen LogP contribution in [0, 0.1) is 5.41 Å². The van der Waals surface area contributed by atoms with Crippen LogP contribution in [0.15, 0.2) is 29.7 Å². The number of aromatic nitrogens is 1. The summed E-state index contributed by atoms with van der Waals surface area (Å²) in [6.07, 6.45) is 6.64. The predicted molar refractivity (Wildman–Crippen MR) is 81.7 cm³/mol. The Morgan fingerprint density at radius 1 is 1.40 bits per heavy atom. The topological polar surface area (TPSA) is 83.5 Å². The zero-order valence-corrected chi connectivity index (χ0v) is 12.6. The summed E-state index contributed by atoms with van der Waals surface area (Å²) in [7, 11) is 0. The lowest BCUT2D eigenvalue weighted by molar-refractivity contribution is 0.304. The van der Waals surface area contributed by atoms with Gasteiger partial charge in [-0.3, -0.25) is 4.98 Å². The fourth-order valence-electron chi connectivity index (χ4n) is 2.04. The van der Waals surface area contributed by atoms with Gasteiger partial charge >= 0.3 is 0 Å². The van der Waals surface area contributed by atoms with Crippen molar-refractivity contribution >= 4 is 5.84 Å². The van der Waals surface area contributed by atoms with Crippen LogP contribution in [0.2, 0.25) is 0 Å². The molecular weight excluding hydrogens is 252 g/mol. The van der Waals surface area contributed by atoms with E-state index in [0.29, 0.717) is 11.9 Å².